The normalized spacial score (nSPS) is 15.5. The fraction of sp³-hybridized carbons (Fsp3) is 0.406. The number of benzene rings is 2. The number of hydrogen-bond donors (Lipinski definition) is 3. The lowest BCUT2D eigenvalue weighted by Gasteiger charge is -2.24. The summed E-state index contributed by atoms with van der Waals surface area (Å²) in [5.41, 5.74) is 3.08. The summed E-state index contributed by atoms with van der Waals surface area (Å²) in [6, 6.07) is 18.2. The quantitative estimate of drug-likeness (QED) is 0.154. The number of H-pyrrole nitrogens is 1. The first-order valence-electron chi connectivity index (χ1n) is 14.5. The van der Waals surface area contributed by atoms with Gasteiger partial charge in [0.1, 0.15) is 17.5 Å². The van der Waals surface area contributed by atoms with E-state index in [4.69, 9.17) is 14.2 Å². The molecule has 1 aromatic heterocycles. The lowest BCUT2D eigenvalue weighted by molar-refractivity contribution is -0.179. The third kappa shape index (κ3) is 9.50. The molecule has 0 aliphatic heterocycles. The Morgan fingerprint density at radius 1 is 0.977 bits per heavy atom. The van der Waals surface area contributed by atoms with Crippen molar-refractivity contribution in [3.05, 3.63) is 77.6 Å². The van der Waals surface area contributed by atoms with E-state index in [1.807, 2.05) is 54.6 Å². The highest BCUT2D eigenvalue weighted by molar-refractivity contribution is 5.97. The molecule has 0 radical (unpaired) electrons. The first kappa shape index (κ1) is 31.4. The first-order valence-corrected chi connectivity index (χ1v) is 14.5. The molecule has 3 aromatic rings. The molecule has 0 saturated heterocycles. The van der Waals surface area contributed by atoms with Gasteiger partial charge < -0.3 is 24.6 Å². The Morgan fingerprint density at radius 3 is 2.30 bits per heavy atom. The summed E-state index contributed by atoms with van der Waals surface area (Å²) in [6.45, 7) is 2.69. The number of hydrogen-bond acceptors (Lipinski definition) is 9. The van der Waals surface area contributed by atoms with Gasteiger partial charge in [0.2, 0.25) is 6.29 Å². The Kier molecular flexibility index (Phi) is 11.0. The lowest BCUT2D eigenvalue weighted by atomic mass is 9.97. The van der Waals surface area contributed by atoms with Crippen molar-refractivity contribution < 1.29 is 38.5 Å². The summed E-state index contributed by atoms with van der Waals surface area (Å²) >= 11 is 0. The molecular formula is C32H37N3O8. The molecule has 2 aromatic carbocycles. The molecule has 1 saturated carbocycles. The van der Waals surface area contributed by atoms with E-state index in [1.165, 1.54) is 19.9 Å². The number of aromatic nitrogens is 2. The Bertz CT molecular complexity index is 1380. The van der Waals surface area contributed by atoms with Gasteiger partial charge in [-0.25, -0.2) is 9.59 Å². The molecule has 3 N–H and O–H groups in total. The van der Waals surface area contributed by atoms with E-state index >= 15 is 0 Å². The van der Waals surface area contributed by atoms with E-state index in [0.717, 1.165) is 48.8 Å². The summed E-state index contributed by atoms with van der Waals surface area (Å²) in [6.07, 6.45) is 0.577. The van der Waals surface area contributed by atoms with Crippen molar-refractivity contribution in [2.45, 2.75) is 83.3 Å². The maximum Gasteiger partial charge on any atom is 0.511 e. The molecule has 11 heteroatoms. The molecule has 1 aliphatic carbocycles. The number of ether oxygens (including phenoxy) is 3. The minimum absolute atomic E-state index is 0.0604. The van der Waals surface area contributed by atoms with Crippen LogP contribution in [-0.4, -0.2) is 63.7 Å². The van der Waals surface area contributed by atoms with Crippen LogP contribution in [0.3, 0.4) is 0 Å². The number of aliphatic hydroxyl groups is 1. The van der Waals surface area contributed by atoms with Crippen LogP contribution in [0.1, 0.15) is 78.9 Å². The number of aromatic amines is 1. The Hall–Kier alpha value is -4.51. The molecule has 1 unspecified atom stereocenters. The van der Waals surface area contributed by atoms with Crippen molar-refractivity contribution in [2.24, 2.45) is 0 Å². The highest BCUT2D eigenvalue weighted by atomic mass is 16.8. The fourth-order valence-electron chi connectivity index (χ4n) is 4.94. The summed E-state index contributed by atoms with van der Waals surface area (Å²) in [5.74, 6) is -1.88. The average Bonchev–Trinajstić information content (AvgIpc) is 3.49. The predicted octanol–water partition coefficient (Wildman–Crippen LogP) is 4.75. The van der Waals surface area contributed by atoms with Crippen LogP contribution in [0.4, 0.5) is 4.79 Å². The van der Waals surface area contributed by atoms with Gasteiger partial charge >= 0.3 is 12.1 Å². The van der Waals surface area contributed by atoms with Crippen molar-refractivity contribution in [2.75, 3.05) is 0 Å². The number of aliphatic hydroxyl groups excluding tert-OH is 1. The third-order valence-corrected chi connectivity index (χ3v) is 7.20. The number of carbonyl (C=O) groups excluding carboxylic acids is 4. The molecule has 1 heterocycles. The van der Waals surface area contributed by atoms with Crippen LogP contribution in [0, 0.1) is 0 Å². The van der Waals surface area contributed by atoms with E-state index in [1.54, 1.807) is 0 Å². The molecular weight excluding hydrogens is 554 g/mol. The van der Waals surface area contributed by atoms with Gasteiger partial charge in [-0.3, -0.25) is 14.7 Å². The molecule has 1 aliphatic rings. The minimum Gasteiger partial charge on any atom is -0.431 e. The fourth-order valence-corrected chi connectivity index (χ4v) is 4.94. The van der Waals surface area contributed by atoms with Gasteiger partial charge in [0.25, 0.3) is 5.91 Å². The maximum atomic E-state index is 13.0. The first-order chi connectivity index (χ1) is 20.7. The van der Waals surface area contributed by atoms with Crippen LogP contribution in [0.2, 0.25) is 0 Å². The molecule has 228 valence electrons. The SMILES string of the molecule is CC(=O)c1cc(C(=O)N[C@H](Cc2ccc(-c3ccccc3)cc2)C[C@@H](O)C(=O)OC(C)OC(=O)OC2CCCCC2)[nH]n1. The summed E-state index contributed by atoms with van der Waals surface area (Å²) < 4.78 is 15.5. The lowest BCUT2D eigenvalue weighted by Crippen LogP contribution is -2.41. The Balaban J connectivity index is 1.38. The van der Waals surface area contributed by atoms with E-state index in [0.29, 0.717) is 0 Å². The minimum atomic E-state index is -1.64. The van der Waals surface area contributed by atoms with Gasteiger partial charge in [-0.2, -0.15) is 5.10 Å². The van der Waals surface area contributed by atoms with Crippen molar-refractivity contribution in [1.29, 1.82) is 0 Å². The summed E-state index contributed by atoms with van der Waals surface area (Å²) in [5, 5.41) is 19.9. The molecule has 1 fully saturated rings. The molecule has 0 bridgehead atoms. The van der Waals surface area contributed by atoms with Crippen molar-refractivity contribution in [3.63, 3.8) is 0 Å². The van der Waals surface area contributed by atoms with E-state index in [2.05, 4.69) is 15.5 Å². The van der Waals surface area contributed by atoms with Gasteiger partial charge in [0, 0.05) is 26.3 Å². The van der Waals surface area contributed by atoms with Crippen molar-refractivity contribution in [3.8, 4) is 11.1 Å². The zero-order valence-corrected chi connectivity index (χ0v) is 24.3. The maximum absolute atomic E-state index is 13.0. The van der Waals surface area contributed by atoms with Crippen LogP contribution in [0.15, 0.2) is 60.7 Å². The number of esters is 1. The van der Waals surface area contributed by atoms with Crippen LogP contribution in [0.25, 0.3) is 11.1 Å². The van der Waals surface area contributed by atoms with Crippen LogP contribution < -0.4 is 5.32 Å². The molecule has 11 nitrogen and oxygen atoms in total. The number of Topliss-reactive ketones (excluding diaryl/α,β-unsaturated/α-hetero) is 1. The number of nitrogens with one attached hydrogen (secondary N) is 2. The largest absolute Gasteiger partial charge is 0.511 e. The summed E-state index contributed by atoms with van der Waals surface area (Å²) in [7, 11) is 0. The number of rotatable bonds is 12. The highest BCUT2D eigenvalue weighted by Crippen LogP contribution is 2.22. The molecule has 1 amide bonds. The van der Waals surface area contributed by atoms with Gasteiger partial charge in [-0.1, -0.05) is 61.0 Å². The monoisotopic (exact) mass is 591 g/mol. The molecule has 0 spiro atoms. The van der Waals surface area contributed by atoms with Crippen LogP contribution >= 0.6 is 0 Å². The number of carbonyl (C=O) groups is 4. The van der Waals surface area contributed by atoms with Gasteiger partial charge in [0.15, 0.2) is 11.9 Å². The Morgan fingerprint density at radius 2 is 1.65 bits per heavy atom. The second-order valence-electron chi connectivity index (χ2n) is 10.7. The number of nitrogens with zero attached hydrogens (tertiary/aromatic N) is 1. The van der Waals surface area contributed by atoms with Crippen molar-refractivity contribution >= 4 is 23.8 Å². The number of ketones is 1. The van der Waals surface area contributed by atoms with Crippen LogP contribution in [-0.2, 0) is 25.4 Å². The topological polar surface area (TPSA) is 157 Å². The van der Waals surface area contributed by atoms with Gasteiger partial charge in [-0.05, 0) is 54.9 Å². The van der Waals surface area contributed by atoms with E-state index < -0.39 is 36.5 Å². The highest BCUT2D eigenvalue weighted by Gasteiger charge is 2.28. The standard InChI is InChI=1S/C32H37N3O8/c1-20(36)27-19-28(35-34-27)30(38)33-25(17-22-13-15-24(16-14-22)23-9-5-3-6-10-23)18-29(37)31(39)41-21(2)42-32(40)43-26-11-7-4-8-12-26/h3,5-6,9-10,13-16,19,21,25-26,29,37H,4,7-8,11-12,17-18H2,1-2H3,(H,33,38)(H,34,35)/t21?,25-,29-/m1/s1. The predicted molar refractivity (Wildman–Crippen MR) is 156 cm³/mol. The smallest absolute Gasteiger partial charge is 0.431 e. The second-order valence-corrected chi connectivity index (χ2v) is 10.7. The third-order valence-electron chi connectivity index (χ3n) is 7.20. The van der Waals surface area contributed by atoms with Gasteiger partial charge in [-0.15, -0.1) is 0 Å². The van der Waals surface area contributed by atoms with Crippen molar-refractivity contribution in [1.82, 2.24) is 15.5 Å². The zero-order chi connectivity index (χ0) is 30.8. The Labute approximate surface area is 249 Å². The average molecular weight is 592 g/mol. The summed E-state index contributed by atoms with van der Waals surface area (Å²) in [4.78, 5) is 49.4. The van der Waals surface area contributed by atoms with Crippen LogP contribution in [0.5, 0.6) is 0 Å². The number of amides is 1. The zero-order valence-electron chi connectivity index (χ0n) is 24.3. The molecule has 4 rings (SSSR count). The molecule has 43 heavy (non-hydrogen) atoms. The van der Waals surface area contributed by atoms with Gasteiger partial charge in [0.05, 0.1) is 0 Å². The second kappa shape index (κ2) is 15.1. The van der Waals surface area contributed by atoms with E-state index in [9.17, 15) is 24.3 Å². The molecule has 3 atom stereocenters. The van der Waals surface area contributed by atoms with E-state index in [-0.39, 0.29) is 36.1 Å².